The van der Waals surface area contributed by atoms with Crippen LogP contribution in [0.15, 0.2) is 78.9 Å². The number of aryl methyl sites for hydroxylation is 2. The number of amides is 2. The summed E-state index contributed by atoms with van der Waals surface area (Å²) >= 11 is 0. The van der Waals surface area contributed by atoms with E-state index < -0.39 is 17.6 Å². The molecule has 0 saturated heterocycles. The van der Waals surface area contributed by atoms with E-state index in [4.69, 9.17) is 0 Å². The summed E-state index contributed by atoms with van der Waals surface area (Å²) in [5.74, 6) is -0.780. The lowest BCUT2D eigenvalue weighted by Crippen LogP contribution is -2.14. The maximum atomic E-state index is 13.1. The highest BCUT2D eigenvalue weighted by atomic mass is 19.4. The number of alkyl halides is 3. The second kappa shape index (κ2) is 9.24. The Morgan fingerprint density at radius 2 is 1.62 bits per heavy atom. The number of benzene rings is 4. The van der Waals surface area contributed by atoms with Gasteiger partial charge < -0.3 is 10.6 Å². The SMILES string of the molecule is Cc1ccc(C)c(-c2ccc(-c3cccc(NC(=O)c4cccc(C(F)(F)F)c4)c3)c3c2C(=O)NC3)c1. The van der Waals surface area contributed by atoms with Crippen LogP contribution >= 0.6 is 0 Å². The molecule has 0 saturated carbocycles. The monoisotopic (exact) mass is 500 g/mol. The predicted molar refractivity (Wildman–Crippen MR) is 137 cm³/mol. The molecule has 186 valence electrons. The molecular formula is C30H23F3N2O2. The number of nitrogens with one attached hydrogen (secondary N) is 2. The van der Waals surface area contributed by atoms with Crippen molar-refractivity contribution in [3.63, 3.8) is 0 Å². The fourth-order valence-corrected chi connectivity index (χ4v) is 4.67. The van der Waals surface area contributed by atoms with Crippen molar-refractivity contribution < 1.29 is 22.8 Å². The van der Waals surface area contributed by atoms with Crippen molar-refractivity contribution in [3.8, 4) is 22.3 Å². The maximum Gasteiger partial charge on any atom is 0.416 e. The molecule has 4 aromatic rings. The second-order valence-electron chi connectivity index (χ2n) is 9.13. The third kappa shape index (κ3) is 4.72. The minimum absolute atomic E-state index is 0.0891. The van der Waals surface area contributed by atoms with Crippen LogP contribution in [0.25, 0.3) is 22.3 Å². The molecule has 1 heterocycles. The van der Waals surface area contributed by atoms with E-state index in [9.17, 15) is 22.8 Å². The minimum atomic E-state index is -4.54. The van der Waals surface area contributed by atoms with Gasteiger partial charge in [0, 0.05) is 17.8 Å². The zero-order chi connectivity index (χ0) is 26.3. The summed E-state index contributed by atoms with van der Waals surface area (Å²) in [5, 5.41) is 5.61. The molecular weight excluding hydrogens is 477 g/mol. The van der Waals surface area contributed by atoms with Crippen molar-refractivity contribution in [2.24, 2.45) is 0 Å². The van der Waals surface area contributed by atoms with Crippen molar-refractivity contribution in [1.82, 2.24) is 5.32 Å². The van der Waals surface area contributed by atoms with Crippen LogP contribution in [0.1, 0.15) is 43.0 Å². The van der Waals surface area contributed by atoms with Gasteiger partial charge in [-0.15, -0.1) is 0 Å². The Bertz CT molecular complexity index is 1560. The number of rotatable bonds is 4. The number of carbonyl (C=O) groups excluding carboxylic acids is 2. The standard InChI is InChI=1S/C30H23F3N2O2/c1-17-9-10-18(2)25(13-17)24-12-11-23(26-16-34-29(37)27(24)26)19-5-4-8-22(15-19)35-28(36)20-6-3-7-21(14-20)30(31,32)33/h3-15H,16H2,1-2H3,(H,34,37)(H,35,36). The maximum absolute atomic E-state index is 13.1. The summed E-state index contributed by atoms with van der Waals surface area (Å²) in [5.41, 5.74) is 6.62. The molecule has 0 aliphatic carbocycles. The zero-order valence-electron chi connectivity index (χ0n) is 20.2. The van der Waals surface area contributed by atoms with Crippen molar-refractivity contribution >= 4 is 17.5 Å². The first-order chi connectivity index (χ1) is 17.6. The van der Waals surface area contributed by atoms with E-state index in [0.717, 1.165) is 51.1 Å². The Morgan fingerprint density at radius 1 is 0.865 bits per heavy atom. The van der Waals surface area contributed by atoms with E-state index in [1.54, 1.807) is 18.2 Å². The third-order valence-corrected chi connectivity index (χ3v) is 6.53. The average molecular weight is 501 g/mol. The van der Waals surface area contributed by atoms with Crippen LogP contribution in [0.5, 0.6) is 0 Å². The summed E-state index contributed by atoms with van der Waals surface area (Å²) in [7, 11) is 0. The van der Waals surface area contributed by atoms with Crippen LogP contribution in [0.4, 0.5) is 18.9 Å². The largest absolute Gasteiger partial charge is 0.416 e. The minimum Gasteiger partial charge on any atom is -0.348 e. The van der Waals surface area contributed by atoms with Gasteiger partial charge >= 0.3 is 6.18 Å². The lowest BCUT2D eigenvalue weighted by atomic mass is 9.88. The van der Waals surface area contributed by atoms with Crippen molar-refractivity contribution in [2.45, 2.75) is 26.6 Å². The first kappa shape index (κ1) is 24.3. The summed E-state index contributed by atoms with van der Waals surface area (Å²) in [6.07, 6.45) is -4.54. The van der Waals surface area contributed by atoms with Gasteiger partial charge in [0.05, 0.1) is 11.1 Å². The van der Waals surface area contributed by atoms with E-state index in [1.807, 2.05) is 44.2 Å². The predicted octanol–water partition coefficient (Wildman–Crippen LogP) is 7.15. The molecule has 4 nitrogen and oxygen atoms in total. The van der Waals surface area contributed by atoms with Crippen molar-refractivity contribution in [2.75, 3.05) is 5.32 Å². The lowest BCUT2D eigenvalue weighted by Gasteiger charge is -2.15. The summed E-state index contributed by atoms with van der Waals surface area (Å²) in [6.45, 7) is 4.40. The molecule has 2 N–H and O–H groups in total. The molecule has 0 aromatic heterocycles. The molecule has 0 unspecified atom stereocenters. The van der Waals surface area contributed by atoms with Gasteiger partial charge in [-0.25, -0.2) is 0 Å². The van der Waals surface area contributed by atoms with E-state index in [-0.39, 0.29) is 11.5 Å². The van der Waals surface area contributed by atoms with Crippen LogP contribution in [0.2, 0.25) is 0 Å². The van der Waals surface area contributed by atoms with Gasteiger partial charge in [0.25, 0.3) is 11.8 Å². The lowest BCUT2D eigenvalue weighted by molar-refractivity contribution is -0.137. The molecule has 7 heteroatoms. The molecule has 0 atom stereocenters. The number of hydrogen-bond acceptors (Lipinski definition) is 2. The van der Waals surface area contributed by atoms with Gasteiger partial charge in [-0.2, -0.15) is 13.2 Å². The Labute approximate surface area is 212 Å². The van der Waals surface area contributed by atoms with Gasteiger partial charge in [-0.05, 0) is 77.6 Å². The first-order valence-corrected chi connectivity index (χ1v) is 11.7. The van der Waals surface area contributed by atoms with Crippen LogP contribution in [0, 0.1) is 13.8 Å². The Morgan fingerprint density at radius 3 is 2.41 bits per heavy atom. The van der Waals surface area contributed by atoms with E-state index in [2.05, 4.69) is 16.7 Å². The number of carbonyl (C=O) groups is 2. The number of halogens is 3. The van der Waals surface area contributed by atoms with Gasteiger partial charge in [0.15, 0.2) is 0 Å². The molecule has 1 aliphatic rings. The van der Waals surface area contributed by atoms with E-state index in [1.165, 1.54) is 12.1 Å². The van der Waals surface area contributed by atoms with Gasteiger partial charge in [0.1, 0.15) is 0 Å². The summed E-state index contributed by atoms with van der Waals surface area (Å²) in [6, 6.07) is 21.4. The Balaban J connectivity index is 1.50. The normalized spacial score (nSPS) is 12.7. The third-order valence-electron chi connectivity index (χ3n) is 6.53. The van der Waals surface area contributed by atoms with Gasteiger partial charge in [-0.1, -0.05) is 54.1 Å². The topological polar surface area (TPSA) is 58.2 Å². The fraction of sp³-hybridized carbons (Fsp3) is 0.133. The van der Waals surface area contributed by atoms with Crippen LogP contribution in [-0.4, -0.2) is 11.8 Å². The first-order valence-electron chi connectivity index (χ1n) is 11.7. The number of fused-ring (bicyclic) bond motifs is 1. The van der Waals surface area contributed by atoms with Crippen LogP contribution in [0.3, 0.4) is 0 Å². The molecule has 4 aromatic carbocycles. The van der Waals surface area contributed by atoms with E-state index in [0.29, 0.717) is 17.8 Å². The molecule has 2 amide bonds. The number of anilines is 1. The molecule has 0 radical (unpaired) electrons. The van der Waals surface area contributed by atoms with Crippen molar-refractivity contribution in [3.05, 3.63) is 112 Å². The summed E-state index contributed by atoms with van der Waals surface area (Å²) < 4.78 is 39.2. The molecule has 37 heavy (non-hydrogen) atoms. The highest BCUT2D eigenvalue weighted by molar-refractivity contribution is 6.07. The molecule has 1 aliphatic heterocycles. The van der Waals surface area contributed by atoms with Crippen molar-refractivity contribution in [1.29, 1.82) is 0 Å². The highest BCUT2D eigenvalue weighted by Gasteiger charge is 2.31. The Hall–Kier alpha value is -4.39. The number of hydrogen-bond donors (Lipinski definition) is 2. The molecule has 0 bridgehead atoms. The van der Waals surface area contributed by atoms with Crippen LogP contribution in [-0.2, 0) is 12.7 Å². The zero-order valence-corrected chi connectivity index (χ0v) is 20.2. The molecule has 0 fully saturated rings. The molecule has 0 spiro atoms. The van der Waals surface area contributed by atoms with Gasteiger partial charge in [-0.3, -0.25) is 9.59 Å². The smallest absolute Gasteiger partial charge is 0.348 e. The quantitative estimate of drug-likeness (QED) is 0.313. The molecule has 5 rings (SSSR count). The fourth-order valence-electron chi connectivity index (χ4n) is 4.67. The Kier molecular flexibility index (Phi) is 6.07. The second-order valence-corrected chi connectivity index (χ2v) is 9.13. The summed E-state index contributed by atoms with van der Waals surface area (Å²) in [4.78, 5) is 25.6. The highest BCUT2D eigenvalue weighted by Crippen LogP contribution is 2.38. The van der Waals surface area contributed by atoms with Crippen LogP contribution < -0.4 is 10.6 Å². The average Bonchev–Trinajstić information content (AvgIpc) is 3.26. The van der Waals surface area contributed by atoms with Gasteiger partial charge in [0.2, 0.25) is 0 Å². The van der Waals surface area contributed by atoms with E-state index >= 15 is 0 Å².